The molecule has 0 bridgehead atoms. The number of anilines is 1. The number of aliphatic hydroxyl groups is 1. The molecule has 0 spiro atoms. The van der Waals surface area contributed by atoms with E-state index >= 15 is 0 Å². The molecule has 1 aromatic carbocycles. The van der Waals surface area contributed by atoms with Gasteiger partial charge in [-0.15, -0.1) is 11.3 Å². The number of benzene rings is 1. The Bertz CT molecular complexity index is 652. The fourth-order valence-electron chi connectivity index (χ4n) is 1.32. The van der Waals surface area contributed by atoms with E-state index in [2.05, 4.69) is 27.3 Å². The van der Waals surface area contributed by atoms with Crippen LogP contribution in [-0.2, 0) is 16.6 Å². The summed E-state index contributed by atoms with van der Waals surface area (Å²) in [6.07, 6.45) is 0. The molecule has 0 unspecified atom stereocenters. The third-order valence-electron chi connectivity index (χ3n) is 2.20. The molecule has 18 heavy (non-hydrogen) atoms. The maximum atomic E-state index is 12.1. The fourth-order valence-corrected chi connectivity index (χ4v) is 4.30. The second kappa shape index (κ2) is 5.55. The van der Waals surface area contributed by atoms with Crippen molar-refractivity contribution in [2.24, 2.45) is 0 Å². The lowest BCUT2D eigenvalue weighted by atomic mass is 10.3. The predicted molar refractivity (Wildman–Crippen MR) is 80.2 cm³/mol. The summed E-state index contributed by atoms with van der Waals surface area (Å²) in [5, 5.41) is 10.6. The van der Waals surface area contributed by atoms with Gasteiger partial charge in [-0.1, -0.05) is 12.1 Å². The topological polar surface area (TPSA) is 66.4 Å². The van der Waals surface area contributed by atoms with Gasteiger partial charge >= 0.3 is 0 Å². The second-order valence-corrected chi connectivity index (χ2v) is 7.50. The number of sulfonamides is 1. The van der Waals surface area contributed by atoms with Crippen molar-refractivity contribution in [3.05, 3.63) is 44.8 Å². The highest BCUT2D eigenvalue weighted by atomic mass is 127. The normalized spacial score (nSPS) is 11.4. The molecule has 2 aromatic rings. The molecule has 0 amide bonds. The molecule has 0 fully saturated rings. The summed E-state index contributed by atoms with van der Waals surface area (Å²) < 4.78 is 27.8. The van der Waals surface area contributed by atoms with Gasteiger partial charge in [0.15, 0.2) is 0 Å². The van der Waals surface area contributed by atoms with E-state index in [9.17, 15) is 8.42 Å². The maximum absolute atomic E-state index is 12.1. The quantitative estimate of drug-likeness (QED) is 0.783. The van der Waals surface area contributed by atoms with E-state index in [1.807, 2.05) is 12.1 Å². The monoisotopic (exact) mass is 395 g/mol. The number of halogens is 1. The predicted octanol–water partition coefficient (Wildman–Crippen LogP) is 2.65. The lowest BCUT2D eigenvalue weighted by Crippen LogP contribution is -2.12. The Morgan fingerprint density at radius 1 is 1.33 bits per heavy atom. The Morgan fingerprint density at radius 3 is 2.67 bits per heavy atom. The minimum atomic E-state index is -3.57. The lowest BCUT2D eigenvalue weighted by molar-refractivity contribution is 0.282. The zero-order chi connectivity index (χ0) is 13.2. The van der Waals surface area contributed by atoms with E-state index in [1.165, 1.54) is 6.07 Å². The van der Waals surface area contributed by atoms with Gasteiger partial charge in [-0.25, -0.2) is 8.42 Å². The van der Waals surface area contributed by atoms with Gasteiger partial charge in [-0.05, 0) is 51.7 Å². The first-order valence-corrected chi connectivity index (χ1v) is 8.43. The van der Waals surface area contributed by atoms with E-state index in [4.69, 9.17) is 5.11 Å². The van der Waals surface area contributed by atoms with Gasteiger partial charge < -0.3 is 5.11 Å². The highest BCUT2D eigenvalue weighted by Gasteiger charge is 2.17. The van der Waals surface area contributed by atoms with Gasteiger partial charge in [0, 0.05) is 3.57 Å². The summed E-state index contributed by atoms with van der Waals surface area (Å²) in [7, 11) is -3.57. The highest BCUT2D eigenvalue weighted by Crippen LogP contribution is 2.25. The molecule has 1 heterocycles. The number of aliphatic hydroxyl groups excluding tert-OH is 1. The van der Waals surface area contributed by atoms with Crippen LogP contribution in [0.25, 0.3) is 0 Å². The minimum absolute atomic E-state index is 0.158. The van der Waals surface area contributed by atoms with Crippen molar-refractivity contribution in [1.82, 2.24) is 0 Å². The summed E-state index contributed by atoms with van der Waals surface area (Å²) >= 11 is 3.16. The van der Waals surface area contributed by atoms with Crippen LogP contribution in [0.2, 0.25) is 0 Å². The van der Waals surface area contributed by atoms with Gasteiger partial charge in [-0.2, -0.15) is 0 Å². The van der Waals surface area contributed by atoms with Crippen LogP contribution in [0, 0.1) is 3.57 Å². The molecule has 0 radical (unpaired) electrons. The summed E-state index contributed by atoms with van der Waals surface area (Å²) in [6, 6.07) is 8.62. The van der Waals surface area contributed by atoms with Crippen molar-refractivity contribution < 1.29 is 13.5 Å². The number of rotatable bonds is 4. The largest absolute Gasteiger partial charge is 0.392 e. The van der Waals surface area contributed by atoms with Gasteiger partial charge in [0.05, 0.1) is 12.3 Å². The average Bonchev–Trinajstić information content (AvgIpc) is 2.81. The zero-order valence-electron chi connectivity index (χ0n) is 9.13. The summed E-state index contributed by atoms with van der Waals surface area (Å²) in [5.74, 6) is 0. The van der Waals surface area contributed by atoms with Gasteiger partial charge in [0.2, 0.25) is 0 Å². The SMILES string of the molecule is O=S(=O)(Nc1ccccc1I)c1cc(CO)cs1. The maximum Gasteiger partial charge on any atom is 0.271 e. The standard InChI is InChI=1S/C11H10INO3S2/c12-9-3-1-2-4-10(9)13-18(15,16)11-5-8(6-14)7-17-11/h1-5,7,13-14H,6H2. The Balaban J connectivity index is 2.30. The van der Waals surface area contributed by atoms with Crippen molar-refractivity contribution in [3.63, 3.8) is 0 Å². The summed E-state index contributed by atoms with van der Waals surface area (Å²) in [4.78, 5) is 0. The van der Waals surface area contributed by atoms with Crippen molar-refractivity contribution in [2.75, 3.05) is 4.72 Å². The van der Waals surface area contributed by atoms with E-state index < -0.39 is 10.0 Å². The first-order valence-electron chi connectivity index (χ1n) is 4.98. The molecular weight excluding hydrogens is 385 g/mol. The molecule has 7 heteroatoms. The van der Waals surface area contributed by atoms with E-state index in [-0.39, 0.29) is 10.8 Å². The van der Waals surface area contributed by atoms with Crippen LogP contribution in [0.1, 0.15) is 5.56 Å². The van der Waals surface area contributed by atoms with Crippen LogP contribution in [0.5, 0.6) is 0 Å². The molecule has 2 rings (SSSR count). The van der Waals surface area contributed by atoms with Crippen molar-refractivity contribution in [2.45, 2.75) is 10.8 Å². The van der Waals surface area contributed by atoms with Crippen LogP contribution >= 0.6 is 33.9 Å². The number of para-hydroxylation sites is 1. The van der Waals surface area contributed by atoms with Crippen molar-refractivity contribution in [1.29, 1.82) is 0 Å². The van der Waals surface area contributed by atoms with Crippen LogP contribution in [0.4, 0.5) is 5.69 Å². The van der Waals surface area contributed by atoms with Crippen LogP contribution in [-0.4, -0.2) is 13.5 Å². The van der Waals surface area contributed by atoms with Gasteiger partial charge in [0.25, 0.3) is 10.0 Å². The third-order valence-corrected chi connectivity index (χ3v) is 5.99. The Labute approximate surface area is 123 Å². The zero-order valence-corrected chi connectivity index (χ0v) is 12.9. The van der Waals surface area contributed by atoms with Crippen molar-refractivity contribution >= 4 is 49.6 Å². The number of hydrogen-bond acceptors (Lipinski definition) is 4. The Morgan fingerprint density at radius 2 is 2.06 bits per heavy atom. The van der Waals surface area contributed by atoms with Crippen LogP contribution < -0.4 is 4.72 Å². The summed E-state index contributed by atoms with van der Waals surface area (Å²) in [5.41, 5.74) is 1.15. The first kappa shape index (κ1) is 13.8. The smallest absolute Gasteiger partial charge is 0.271 e. The number of hydrogen-bond donors (Lipinski definition) is 2. The number of nitrogens with one attached hydrogen (secondary N) is 1. The molecule has 4 nitrogen and oxygen atoms in total. The molecule has 0 saturated heterocycles. The highest BCUT2D eigenvalue weighted by molar-refractivity contribution is 14.1. The third kappa shape index (κ3) is 3.02. The molecule has 96 valence electrons. The molecule has 0 aliphatic rings. The molecule has 0 saturated carbocycles. The molecular formula is C11H10INO3S2. The van der Waals surface area contributed by atoms with E-state index in [1.54, 1.807) is 17.5 Å². The molecule has 1 aromatic heterocycles. The molecule has 2 N–H and O–H groups in total. The Kier molecular flexibility index (Phi) is 4.25. The van der Waals surface area contributed by atoms with Gasteiger partial charge in [-0.3, -0.25) is 4.72 Å². The number of thiophene rings is 1. The van der Waals surface area contributed by atoms with E-state index in [0.29, 0.717) is 11.3 Å². The minimum Gasteiger partial charge on any atom is -0.392 e. The summed E-state index contributed by atoms with van der Waals surface area (Å²) in [6.45, 7) is -0.158. The van der Waals surface area contributed by atoms with Crippen LogP contribution in [0.3, 0.4) is 0 Å². The van der Waals surface area contributed by atoms with E-state index in [0.717, 1.165) is 14.9 Å². The first-order chi connectivity index (χ1) is 8.53. The van der Waals surface area contributed by atoms with Crippen LogP contribution in [0.15, 0.2) is 39.9 Å². The van der Waals surface area contributed by atoms with Crippen molar-refractivity contribution in [3.8, 4) is 0 Å². The molecule has 0 aliphatic carbocycles. The average molecular weight is 395 g/mol. The lowest BCUT2D eigenvalue weighted by Gasteiger charge is -2.07. The Hall–Kier alpha value is -0.640. The molecule has 0 atom stereocenters. The molecule has 0 aliphatic heterocycles. The fraction of sp³-hybridized carbons (Fsp3) is 0.0909. The second-order valence-electron chi connectivity index (χ2n) is 3.52. The van der Waals surface area contributed by atoms with Gasteiger partial charge in [0.1, 0.15) is 4.21 Å².